The van der Waals surface area contributed by atoms with Gasteiger partial charge in [0, 0.05) is 5.02 Å². The standard InChI is InChI=1S/C27H21Cl2F3N2O5S/c1-4-10-39-22-17(29)11-14(12-18(22)37-3)13-19-24(35)34-21(15-6-8-16(28)9-7-15)20(25(36)38-5-2)23(27(30,31)32)33-26(34)40-19/h4,6-9,11-13,21H,1,5,10H2,2-3H3/b19-13-/t21-/m1/s1. The van der Waals surface area contributed by atoms with Crippen LogP contribution in [0.15, 0.2) is 70.1 Å². The zero-order valence-corrected chi connectivity index (χ0v) is 23.4. The normalized spacial score (nSPS) is 15.4. The third kappa shape index (κ3) is 5.81. The largest absolute Gasteiger partial charge is 0.493 e. The number of alkyl halides is 3. The van der Waals surface area contributed by atoms with Crippen LogP contribution in [0.3, 0.4) is 0 Å². The summed E-state index contributed by atoms with van der Waals surface area (Å²) in [6.07, 6.45) is -2.04. The van der Waals surface area contributed by atoms with Crippen LogP contribution in [0.25, 0.3) is 6.08 Å². The van der Waals surface area contributed by atoms with Crippen LogP contribution in [-0.2, 0) is 9.53 Å². The van der Waals surface area contributed by atoms with Crippen molar-refractivity contribution in [1.29, 1.82) is 0 Å². The molecule has 2 aromatic carbocycles. The minimum Gasteiger partial charge on any atom is -0.493 e. The second kappa shape index (κ2) is 11.9. The molecule has 1 aliphatic rings. The molecule has 0 aliphatic carbocycles. The van der Waals surface area contributed by atoms with E-state index >= 15 is 0 Å². The molecule has 3 aromatic rings. The van der Waals surface area contributed by atoms with Crippen LogP contribution < -0.4 is 24.4 Å². The summed E-state index contributed by atoms with van der Waals surface area (Å²) >= 11 is 13.1. The molecule has 1 atom stereocenters. The molecule has 0 bridgehead atoms. The highest BCUT2D eigenvalue weighted by Gasteiger charge is 2.45. The zero-order valence-electron chi connectivity index (χ0n) is 21.1. The van der Waals surface area contributed by atoms with Crippen LogP contribution in [0.4, 0.5) is 13.2 Å². The Morgan fingerprint density at radius 2 is 1.93 bits per heavy atom. The number of carbonyl (C=O) groups excluding carboxylic acids is 1. The van der Waals surface area contributed by atoms with Crippen molar-refractivity contribution in [3.8, 4) is 11.5 Å². The molecule has 0 saturated carbocycles. The molecule has 13 heteroatoms. The fourth-order valence-corrected chi connectivity index (χ4v) is 5.46. The molecule has 4 rings (SSSR count). The van der Waals surface area contributed by atoms with Crippen LogP contribution in [-0.4, -0.2) is 37.0 Å². The quantitative estimate of drug-likeness (QED) is 0.257. The van der Waals surface area contributed by atoms with E-state index < -0.39 is 35.0 Å². The van der Waals surface area contributed by atoms with Crippen LogP contribution >= 0.6 is 34.5 Å². The third-order valence-corrected chi connectivity index (χ3v) is 7.19. The van der Waals surface area contributed by atoms with Gasteiger partial charge in [-0.3, -0.25) is 9.36 Å². The highest BCUT2D eigenvalue weighted by Crippen LogP contribution is 2.39. The molecule has 0 saturated heterocycles. The molecular weight excluding hydrogens is 592 g/mol. The van der Waals surface area contributed by atoms with Gasteiger partial charge in [0.05, 0.1) is 34.9 Å². The van der Waals surface area contributed by atoms with Crippen molar-refractivity contribution in [2.75, 3.05) is 20.3 Å². The number of ether oxygens (including phenoxy) is 3. The number of methoxy groups -OCH3 is 1. The summed E-state index contributed by atoms with van der Waals surface area (Å²) in [5, 5.41) is 0.503. The number of benzene rings is 2. The van der Waals surface area contributed by atoms with Gasteiger partial charge in [0.2, 0.25) is 0 Å². The lowest BCUT2D eigenvalue weighted by Crippen LogP contribution is -2.41. The van der Waals surface area contributed by atoms with Gasteiger partial charge in [-0.05, 0) is 48.4 Å². The van der Waals surface area contributed by atoms with Crippen molar-refractivity contribution in [3.05, 3.63) is 101 Å². The summed E-state index contributed by atoms with van der Waals surface area (Å²) in [5.41, 5.74) is -2.28. The predicted molar refractivity (Wildman–Crippen MR) is 146 cm³/mol. The molecule has 0 N–H and O–H groups in total. The first kappa shape index (κ1) is 29.4. The molecule has 2 heterocycles. The van der Waals surface area contributed by atoms with E-state index in [2.05, 4.69) is 11.6 Å². The SMILES string of the molecule is C=CCOc1c(Cl)cc(/C=c2\sc3n(c2=O)[C@H](c2ccc(Cl)cc2)C(C(=O)OCC)=C(C(F)(F)F)N=3)cc1OC. The van der Waals surface area contributed by atoms with E-state index in [1.807, 2.05) is 0 Å². The van der Waals surface area contributed by atoms with Crippen molar-refractivity contribution in [2.24, 2.45) is 4.99 Å². The number of nitrogens with zero attached hydrogens (tertiary/aromatic N) is 2. The summed E-state index contributed by atoms with van der Waals surface area (Å²) in [6, 6.07) is 7.39. The maximum Gasteiger partial charge on any atom is 0.434 e. The molecule has 0 fully saturated rings. The van der Waals surface area contributed by atoms with E-state index in [-0.39, 0.29) is 44.6 Å². The Kier molecular flexibility index (Phi) is 8.77. The molecular formula is C27H21Cl2F3N2O5S. The number of hydrogen-bond acceptors (Lipinski definition) is 7. The summed E-state index contributed by atoms with van der Waals surface area (Å²) in [4.78, 5) is 30.1. The van der Waals surface area contributed by atoms with Crippen molar-refractivity contribution in [1.82, 2.24) is 4.57 Å². The highest BCUT2D eigenvalue weighted by atomic mass is 35.5. The van der Waals surface area contributed by atoms with E-state index in [1.165, 1.54) is 56.5 Å². The molecule has 1 aliphatic heterocycles. The first-order chi connectivity index (χ1) is 19.0. The lowest BCUT2D eigenvalue weighted by molar-refractivity contribution is -0.140. The Labute approximate surface area is 240 Å². The molecule has 210 valence electrons. The Morgan fingerprint density at radius 1 is 1.23 bits per heavy atom. The number of thiazole rings is 1. The van der Waals surface area contributed by atoms with Gasteiger partial charge in [-0.15, -0.1) is 0 Å². The van der Waals surface area contributed by atoms with Gasteiger partial charge in [-0.1, -0.05) is 59.3 Å². The maximum atomic E-state index is 14.2. The van der Waals surface area contributed by atoms with Crippen LogP contribution in [0.5, 0.6) is 11.5 Å². The maximum absolute atomic E-state index is 14.2. The number of halogens is 5. The lowest BCUT2D eigenvalue weighted by atomic mass is 9.95. The number of carbonyl (C=O) groups is 1. The average molecular weight is 613 g/mol. The topological polar surface area (TPSA) is 79.1 Å². The van der Waals surface area contributed by atoms with Gasteiger partial charge in [-0.2, -0.15) is 13.2 Å². The molecule has 40 heavy (non-hydrogen) atoms. The highest BCUT2D eigenvalue weighted by molar-refractivity contribution is 7.07. The minimum atomic E-state index is -5.01. The minimum absolute atomic E-state index is 0.0437. The summed E-state index contributed by atoms with van der Waals surface area (Å²) in [6.45, 7) is 5.04. The van der Waals surface area contributed by atoms with E-state index in [4.69, 9.17) is 37.4 Å². The summed E-state index contributed by atoms with van der Waals surface area (Å²) < 4.78 is 59.6. The van der Waals surface area contributed by atoms with Crippen molar-refractivity contribution >= 4 is 46.6 Å². The Balaban J connectivity index is 1.99. The number of fused-ring (bicyclic) bond motifs is 1. The number of allylic oxidation sites excluding steroid dienone is 1. The molecule has 0 unspecified atom stereocenters. The second-order valence-electron chi connectivity index (χ2n) is 8.25. The fourth-order valence-electron chi connectivity index (χ4n) is 4.06. The van der Waals surface area contributed by atoms with Crippen molar-refractivity contribution < 1.29 is 32.2 Å². The monoisotopic (exact) mass is 612 g/mol. The smallest absolute Gasteiger partial charge is 0.434 e. The number of hydrogen-bond donors (Lipinski definition) is 0. The molecule has 0 spiro atoms. The lowest BCUT2D eigenvalue weighted by Gasteiger charge is -2.26. The number of aromatic nitrogens is 1. The third-order valence-electron chi connectivity index (χ3n) is 5.68. The molecule has 7 nitrogen and oxygen atoms in total. The van der Waals surface area contributed by atoms with Gasteiger partial charge >= 0.3 is 12.1 Å². The Morgan fingerprint density at radius 3 is 2.52 bits per heavy atom. The van der Waals surface area contributed by atoms with Gasteiger partial charge in [0.15, 0.2) is 22.0 Å². The van der Waals surface area contributed by atoms with Crippen LogP contribution in [0, 0.1) is 0 Å². The average Bonchev–Trinajstić information content (AvgIpc) is 3.21. The van der Waals surface area contributed by atoms with Gasteiger partial charge in [0.25, 0.3) is 5.56 Å². The zero-order chi connectivity index (χ0) is 29.2. The van der Waals surface area contributed by atoms with E-state index in [0.29, 0.717) is 10.6 Å². The molecule has 0 amide bonds. The van der Waals surface area contributed by atoms with Crippen LogP contribution in [0.2, 0.25) is 10.0 Å². The summed E-state index contributed by atoms with van der Waals surface area (Å²) in [5.74, 6) is -0.699. The van der Waals surface area contributed by atoms with E-state index in [0.717, 1.165) is 15.9 Å². The van der Waals surface area contributed by atoms with Gasteiger partial charge in [-0.25, -0.2) is 9.79 Å². The Hall–Kier alpha value is -3.54. The number of rotatable bonds is 8. The van der Waals surface area contributed by atoms with E-state index in [1.54, 1.807) is 6.07 Å². The second-order valence-corrected chi connectivity index (χ2v) is 10.1. The van der Waals surface area contributed by atoms with Gasteiger partial charge in [0.1, 0.15) is 6.61 Å². The van der Waals surface area contributed by atoms with E-state index in [9.17, 15) is 22.8 Å². The van der Waals surface area contributed by atoms with Gasteiger partial charge < -0.3 is 14.2 Å². The molecule has 1 aromatic heterocycles. The first-order valence-corrected chi connectivity index (χ1v) is 13.2. The predicted octanol–water partition coefficient (Wildman–Crippen LogP) is 5.22. The summed E-state index contributed by atoms with van der Waals surface area (Å²) in [7, 11) is 1.41. The first-order valence-electron chi connectivity index (χ1n) is 11.7. The molecule has 0 radical (unpaired) electrons. The number of esters is 1. The van der Waals surface area contributed by atoms with Crippen LogP contribution in [0.1, 0.15) is 24.1 Å². The van der Waals surface area contributed by atoms with Crippen molar-refractivity contribution in [3.63, 3.8) is 0 Å². The fraction of sp³-hybridized carbons (Fsp3) is 0.222. The van der Waals surface area contributed by atoms with Crippen molar-refractivity contribution in [2.45, 2.75) is 19.1 Å². The Bertz CT molecular complexity index is 1680.